The maximum atomic E-state index is 13.9. The van der Waals surface area contributed by atoms with Gasteiger partial charge in [-0.2, -0.15) is 0 Å². The van der Waals surface area contributed by atoms with Crippen molar-refractivity contribution in [2.75, 3.05) is 12.4 Å². The molecule has 1 amide bonds. The number of methoxy groups -OCH3 is 1. The lowest BCUT2D eigenvalue weighted by atomic mass is 10.2. The number of anilines is 1. The zero-order chi connectivity index (χ0) is 21.1. The van der Waals surface area contributed by atoms with Crippen molar-refractivity contribution in [2.24, 2.45) is 0 Å². The second kappa shape index (κ2) is 8.11. The molecular formula is C20H17FN6O3. The van der Waals surface area contributed by atoms with Crippen molar-refractivity contribution >= 4 is 22.8 Å². The Bertz CT molecular complexity index is 1270. The van der Waals surface area contributed by atoms with Gasteiger partial charge >= 0.3 is 0 Å². The van der Waals surface area contributed by atoms with Crippen LogP contribution in [0.4, 0.5) is 10.1 Å². The van der Waals surface area contributed by atoms with Crippen LogP contribution in [0.3, 0.4) is 0 Å². The van der Waals surface area contributed by atoms with E-state index < -0.39 is 11.5 Å². The van der Waals surface area contributed by atoms with Crippen LogP contribution in [-0.2, 0) is 17.9 Å². The molecule has 4 rings (SSSR count). The van der Waals surface area contributed by atoms with Gasteiger partial charge in [0.1, 0.15) is 24.4 Å². The van der Waals surface area contributed by atoms with Gasteiger partial charge in [0.15, 0.2) is 11.2 Å². The SMILES string of the molecule is COc1ccc(NC(=O)Cn2cnc3c(nnn3Cc3ccccc3F)c2=O)cc1. The summed E-state index contributed by atoms with van der Waals surface area (Å²) in [5.74, 6) is -0.121. The van der Waals surface area contributed by atoms with E-state index in [1.54, 1.807) is 49.6 Å². The van der Waals surface area contributed by atoms with Crippen LogP contribution in [-0.4, -0.2) is 37.6 Å². The zero-order valence-corrected chi connectivity index (χ0v) is 15.9. The molecule has 0 spiro atoms. The van der Waals surface area contributed by atoms with Gasteiger partial charge in [0.25, 0.3) is 5.56 Å². The highest BCUT2D eigenvalue weighted by Gasteiger charge is 2.15. The minimum absolute atomic E-state index is 0.00564. The van der Waals surface area contributed by atoms with E-state index in [2.05, 4.69) is 20.6 Å². The summed E-state index contributed by atoms with van der Waals surface area (Å²) in [7, 11) is 1.55. The lowest BCUT2D eigenvalue weighted by Gasteiger charge is -2.08. The number of carbonyl (C=O) groups excluding carboxylic acids is 1. The van der Waals surface area contributed by atoms with Crippen LogP contribution < -0.4 is 15.6 Å². The molecule has 0 bridgehead atoms. The second-order valence-electron chi connectivity index (χ2n) is 6.47. The smallest absolute Gasteiger partial charge is 0.283 e. The highest BCUT2D eigenvalue weighted by Crippen LogP contribution is 2.15. The van der Waals surface area contributed by atoms with E-state index in [1.165, 1.54) is 17.1 Å². The molecule has 0 unspecified atom stereocenters. The van der Waals surface area contributed by atoms with Crippen LogP contribution in [0.25, 0.3) is 11.2 Å². The Hall–Kier alpha value is -4.08. The monoisotopic (exact) mass is 408 g/mol. The predicted octanol–water partition coefficient (Wildman–Crippen LogP) is 1.82. The summed E-state index contributed by atoms with van der Waals surface area (Å²) in [5.41, 5.74) is 0.679. The Balaban J connectivity index is 1.53. The summed E-state index contributed by atoms with van der Waals surface area (Å²) < 4.78 is 21.4. The topological polar surface area (TPSA) is 104 Å². The molecule has 2 heterocycles. The first-order valence-corrected chi connectivity index (χ1v) is 9.01. The fourth-order valence-electron chi connectivity index (χ4n) is 2.92. The number of hydrogen-bond donors (Lipinski definition) is 1. The molecule has 1 N–H and O–H groups in total. The minimum Gasteiger partial charge on any atom is -0.497 e. The third-order valence-electron chi connectivity index (χ3n) is 4.46. The van der Waals surface area contributed by atoms with E-state index in [9.17, 15) is 14.0 Å². The average molecular weight is 408 g/mol. The molecule has 0 saturated heterocycles. The molecule has 0 aliphatic carbocycles. The Labute approximate surface area is 169 Å². The lowest BCUT2D eigenvalue weighted by Crippen LogP contribution is -2.28. The van der Waals surface area contributed by atoms with E-state index in [0.29, 0.717) is 17.0 Å². The van der Waals surface area contributed by atoms with Gasteiger partial charge in [-0.1, -0.05) is 23.4 Å². The van der Waals surface area contributed by atoms with Crippen molar-refractivity contribution < 1.29 is 13.9 Å². The van der Waals surface area contributed by atoms with Gasteiger partial charge in [0, 0.05) is 11.3 Å². The standard InChI is InChI=1S/C20H17FN6O3/c1-30-15-8-6-14(7-9-15)23-17(28)11-26-12-22-19-18(20(26)29)24-25-27(19)10-13-4-2-3-5-16(13)21/h2-9,12H,10-11H2,1H3,(H,23,28). The van der Waals surface area contributed by atoms with E-state index in [-0.39, 0.29) is 30.1 Å². The van der Waals surface area contributed by atoms with Gasteiger partial charge < -0.3 is 10.1 Å². The van der Waals surface area contributed by atoms with Crippen molar-refractivity contribution in [2.45, 2.75) is 13.1 Å². The van der Waals surface area contributed by atoms with Gasteiger partial charge in [-0.25, -0.2) is 14.1 Å². The first-order chi connectivity index (χ1) is 14.5. The summed E-state index contributed by atoms with van der Waals surface area (Å²) >= 11 is 0. The minimum atomic E-state index is -0.510. The summed E-state index contributed by atoms with van der Waals surface area (Å²) in [6.07, 6.45) is 1.25. The van der Waals surface area contributed by atoms with Gasteiger partial charge in [0.2, 0.25) is 5.91 Å². The zero-order valence-electron chi connectivity index (χ0n) is 15.9. The summed E-state index contributed by atoms with van der Waals surface area (Å²) in [5, 5.41) is 10.5. The number of halogens is 1. The average Bonchev–Trinajstić information content (AvgIpc) is 3.16. The van der Waals surface area contributed by atoms with E-state index >= 15 is 0 Å². The van der Waals surface area contributed by atoms with Crippen LogP contribution in [0.1, 0.15) is 5.56 Å². The number of nitrogens with one attached hydrogen (secondary N) is 1. The largest absolute Gasteiger partial charge is 0.497 e. The molecule has 0 radical (unpaired) electrons. The summed E-state index contributed by atoms with van der Waals surface area (Å²) in [6, 6.07) is 13.1. The van der Waals surface area contributed by atoms with Crippen molar-refractivity contribution in [1.29, 1.82) is 0 Å². The fourth-order valence-corrected chi connectivity index (χ4v) is 2.92. The molecule has 0 atom stereocenters. The van der Waals surface area contributed by atoms with Crippen LogP contribution in [0.2, 0.25) is 0 Å². The number of carbonyl (C=O) groups is 1. The van der Waals surface area contributed by atoms with Crippen molar-refractivity contribution in [3.8, 4) is 5.75 Å². The normalized spacial score (nSPS) is 10.9. The van der Waals surface area contributed by atoms with Gasteiger partial charge in [-0.3, -0.25) is 14.2 Å². The molecule has 30 heavy (non-hydrogen) atoms. The third kappa shape index (κ3) is 3.88. The van der Waals surface area contributed by atoms with Gasteiger partial charge in [-0.15, -0.1) is 5.10 Å². The van der Waals surface area contributed by atoms with Crippen LogP contribution in [0, 0.1) is 5.82 Å². The number of amides is 1. The maximum Gasteiger partial charge on any atom is 0.283 e. The Morgan fingerprint density at radius 3 is 2.67 bits per heavy atom. The van der Waals surface area contributed by atoms with Crippen molar-refractivity contribution in [3.05, 3.63) is 76.6 Å². The molecule has 0 fully saturated rings. The second-order valence-corrected chi connectivity index (χ2v) is 6.47. The Morgan fingerprint density at radius 2 is 1.93 bits per heavy atom. The molecule has 0 aliphatic rings. The number of fused-ring (bicyclic) bond motifs is 1. The molecule has 10 heteroatoms. The van der Waals surface area contributed by atoms with E-state index in [0.717, 1.165) is 4.57 Å². The van der Waals surface area contributed by atoms with Gasteiger partial charge in [-0.05, 0) is 30.3 Å². The predicted molar refractivity (Wildman–Crippen MR) is 107 cm³/mol. The number of hydrogen-bond acceptors (Lipinski definition) is 6. The molecule has 152 valence electrons. The highest BCUT2D eigenvalue weighted by atomic mass is 19.1. The first kappa shape index (κ1) is 19.2. The van der Waals surface area contributed by atoms with Crippen LogP contribution in [0.15, 0.2) is 59.7 Å². The van der Waals surface area contributed by atoms with Crippen LogP contribution in [0.5, 0.6) is 5.75 Å². The fraction of sp³-hybridized carbons (Fsp3) is 0.150. The van der Waals surface area contributed by atoms with Crippen molar-refractivity contribution in [3.63, 3.8) is 0 Å². The number of benzene rings is 2. The summed E-state index contributed by atoms with van der Waals surface area (Å²) in [6.45, 7) is -0.161. The molecule has 9 nitrogen and oxygen atoms in total. The third-order valence-corrected chi connectivity index (χ3v) is 4.46. The summed E-state index contributed by atoms with van der Waals surface area (Å²) in [4.78, 5) is 29.2. The quantitative estimate of drug-likeness (QED) is 0.522. The first-order valence-electron chi connectivity index (χ1n) is 9.01. The highest BCUT2D eigenvalue weighted by molar-refractivity contribution is 5.90. The Kier molecular flexibility index (Phi) is 5.21. The number of ether oxygens (including phenoxy) is 1. The number of rotatable bonds is 6. The molecular weight excluding hydrogens is 391 g/mol. The maximum absolute atomic E-state index is 13.9. The number of aromatic nitrogens is 5. The van der Waals surface area contributed by atoms with Crippen molar-refractivity contribution in [1.82, 2.24) is 24.5 Å². The molecule has 2 aromatic carbocycles. The van der Waals surface area contributed by atoms with Crippen LogP contribution >= 0.6 is 0 Å². The molecule has 2 aromatic heterocycles. The van der Waals surface area contributed by atoms with Gasteiger partial charge in [0.05, 0.1) is 13.7 Å². The van der Waals surface area contributed by atoms with E-state index in [1.807, 2.05) is 0 Å². The number of nitrogens with zero attached hydrogens (tertiary/aromatic N) is 5. The molecule has 0 saturated carbocycles. The van der Waals surface area contributed by atoms with E-state index in [4.69, 9.17) is 4.74 Å². The molecule has 0 aliphatic heterocycles. The molecule has 4 aromatic rings. The lowest BCUT2D eigenvalue weighted by molar-refractivity contribution is -0.116. The Morgan fingerprint density at radius 1 is 1.17 bits per heavy atom.